The molecule has 1 saturated heterocycles. The maximum atomic E-state index is 9.97. The van der Waals surface area contributed by atoms with E-state index in [1.807, 2.05) is 5.38 Å². The van der Waals surface area contributed by atoms with Crippen molar-refractivity contribution in [1.29, 1.82) is 0 Å². The summed E-state index contributed by atoms with van der Waals surface area (Å²) < 4.78 is 5.49. The molecule has 2 aromatic rings. The third-order valence-electron chi connectivity index (χ3n) is 3.09. The van der Waals surface area contributed by atoms with Gasteiger partial charge in [-0.2, -0.15) is 0 Å². The second-order valence-electron chi connectivity index (χ2n) is 4.19. The second kappa shape index (κ2) is 4.52. The van der Waals surface area contributed by atoms with Gasteiger partial charge in [-0.1, -0.05) is 0 Å². The second-order valence-corrected chi connectivity index (χ2v) is 5.10. The highest BCUT2D eigenvalue weighted by Crippen LogP contribution is 2.39. The number of aromatic nitrogens is 2. The van der Waals surface area contributed by atoms with Gasteiger partial charge in [-0.3, -0.25) is 0 Å². The Bertz CT molecular complexity index is 561. The van der Waals surface area contributed by atoms with Gasteiger partial charge in [0.05, 0.1) is 17.0 Å². The predicted molar refractivity (Wildman–Crippen MR) is 64.1 cm³/mol. The Hall–Kier alpha value is -1.12. The minimum atomic E-state index is -1.08. The molecule has 18 heavy (non-hydrogen) atoms. The number of ether oxygens (including phenoxy) is 1. The van der Waals surface area contributed by atoms with E-state index in [0.717, 1.165) is 10.3 Å². The summed E-state index contributed by atoms with van der Waals surface area (Å²) in [6.07, 6.45) is -0.444. The fraction of sp³-hybridized carbons (Fsp3) is 0.455. The zero-order chi connectivity index (χ0) is 12.7. The fourth-order valence-corrected chi connectivity index (χ4v) is 3.17. The highest BCUT2D eigenvalue weighted by molar-refractivity contribution is 7.11. The van der Waals surface area contributed by atoms with Crippen molar-refractivity contribution >= 4 is 22.2 Å². The van der Waals surface area contributed by atoms with E-state index in [9.17, 15) is 10.2 Å². The Morgan fingerprint density at radius 1 is 1.33 bits per heavy atom. The molecule has 2 aromatic heterocycles. The first-order chi connectivity index (χ1) is 8.72. The van der Waals surface area contributed by atoms with E-state index in [1.165, 1.54) is 17.7 Å². The van der Waals surface area contributed by atoms with Crippen LogP contribution in [0.5, 0.6) is 0 Å². The van der Waals surface area contributed by atoms with Crippen LogP contribution in [0.2, 0.25) is 0 Å². The van der Waals surface area contributed by atoms with Crippen molar-refractivity contribution in [1.82, 2.24) is 9.97 Å². The van der Waals surface area contributed by atoms with Crippen molar-refractivity contribution in [2.75, 3.05) is 6.61 Å². The van der Waals surface area contributed by atoms with Crippen LogP contribution >= 0.6 is 11.3 Å². The van der Waals surface area contributed by atoms with Crippen LogP contribution in [-0.2, 0) is 4.74 Å². The molecule has 0 aliphatic carbocycles. The largest absolute Gasteiger partial charge is 0.394 e. The van der Waals surface area contributed by atoms with Gasteiger partial charge in [-0.15, -0.1) is 11.3 Å². The maximum absolute atomic E-state index is 9.97. The molecule has 1 aliphatic rings. The molecule has 0 bridgehead atoms. The normalized spacial score (nSPS) is 32.2. The third kappa shape index (κ3) is 1.72. The first-order valence-corrected chi connectivity index (χ1v) is 6.40. The van der Waals surface area contributed by atoms with Gasteiger partial charge in [-0.05, 0) is 0 Å². The van der Waals surface area contributed by atoms with E-state index in [2.05, 4.69) is 9.97 Å². The lowest BCUT2D eigenvalue weighted by molar-refractivity contribution is -0.0214. The van der Waals surface area contributed by atoms with Gasteiger partial charge in [0.25, 0.3) is 0 Å². The molecule has 0 radical (unpaired) electrons. The molecule has 7 heteroatoms. The van der Waals surface area contributed by atoms with Crippen LogP contribution in [0, 0.1) is 0 Å². The topological polar surface area (TPSA) is 95.7 Å². The molecule has 6 nitrogen and oxygen atoms in total. The standard InChI is InChI=1S/C11H12N2O4S/c14-2-6-8(15)9(16)10(17-6)11-7-5(3-18-11)1-12-4-13-7/h1,3-4,6,8-10,14-16H,2H2/t6-,8-,9-,10?/m1/s1. The van der Waals surface area contributed by atoms with E-state index in [1.54, 1.807) is 6.20 Å². The molecule has 0 amide bonds. The minimum Gasteiger partial charge on any atom is -0.394 e. The molecule has 4 atom stereocenters. The quantitative estimate of drug-likeness (QED) is 0.701. The van der Waals surface area contributed by atoms with Crippen LogP contribution in [0.15, 0.2) is 17.9 Å². The van der Waals surface area contributed by atoms with Crippen molar-refractivity contribution in [3.63, 3.8) is 0 Å². The molecule has 1 aliphatic heterocycles. The Balaban J connectivity index is 2.00. The van der Waals surface area contributed by atoms with Crippen LogP contribution in [0.1, 0.15) is 11.0 Å². The predicted octanol–water partition coefficient (Wildman–Crippen LogP) is -0.155. The average Bonchev–Trinajstić information content (AvgIpc) is 2.93. The summed E-state index contributed by atoms with van der Waals surface area (Å²) in [7, 11) is 0. The molecule has 3 rings (SSSR count). The Morgan fingerprint density at radius 3 is 2.89 bits per heavy atom. The summed E-state index contributed by atoms with van der Waals surface area (Å²) in [6, 6.07) is 0. The van der Waals surface area contributed by atoms with Crippen LogP contribution < -0.4 is 0 Å². The zero-order valence-corrected chi connectivity index (χ0v) is 10.1. The SMILES string of the molecule is OC[C@H]1OC(c2scc3cncnc23)[C@H](O)[C@@H]1O. The van der Waals surface area contributed by atoms with Crippen molar-refractivity contribution in [2.24, 2.45) is 0 Å². The van der Waals surface area contributed by atoms with E-state index in [0.29, 0.717) is 5.52 Å². The van der Waals surface area contributed by atoms with Crippen LogP contribution in [0.3, 0.4) is 0 Å². The van der Waals surface area contributed by atoms with Crippen molar-refractivity contribution in [3.8, 4) is 0 Å². The van der Waals surface area contributed by atoms with Gasteiger partial charge in [0, 0.05) is 17.0 Å². The summed E-state index contributed by atoms with van der Waals surface area (Å²) in [5.41, 5.74) is 0.713. The first-order valence-electron chi connectivity index (χ1n) is 5.52. The number of hydrogen-bond acceptors (Lipinski definition) is 7. The summed E-state index contributed by atoms with van der Waals surface area (Å²) in [5, 5.41) is 31.5. The van der Waals surface area contributed by atoms with Gasteiger partial charge in [0.2, 0.25) is 0 Å². The molecule has 0 aromatic carbocycles. The fourth-order valence-electron chi connectivity index (χ4n) is 2.13. The molecule has 3 N–H and O–H groups in total. The van der Waals surface area contributed by atoms with Crippen LogP contribution in [0.4, 0.5) is 0 Å². The number of thiophene rings is 1. The number of hydrogen-bond donors (Lipinski definition) is 3. The van der Waals surface area contributed by atoms with E-state index in [4.69, 9.17) is 9.84 Å². The maximum Gasteiger partial charge on any atom is 0.123 e. The molecule has 0 spiro atoms. The number of rotatable bonds is 2. The highest BCUT2D eigenvalue weighted by atomic mass is 32.1. The summed E-state index contributed by atoms with van der Waals surface area (Å²) in [6.45, 7) is -0.326. The lowest BCUT2D eigenvalue weighted by atomic mass is 10.1. The summed E-state index contributed by atoms with van der Waals surface area (Å²) in [5.74, 6) is 0. The Kier molecular flexibility index (Phi) is 3.00. The Morgan fingerprint density at radius 2 is 2.17 bits per heavy atom. The average molecular weight is 268 g/mol. The van der Waals surface area contributed by atoms with E-state index >= 15 is 0 Å². The smallest absolute Gasteiger partial charge is 0.123 e. The lowest BCUT2D eigenvalue weighted by Crippen LogP contribution is -2.32. The van der Waals surface area contributed by atoms with E-state index in [-0.39, 0.29) is 6.61 Å². The molecule has 1 unspecified atom stereocenters. The molecular weight excluding hydrogens is 256 g/mol. The van der Waals surface area contributed by atoms with E-state index < -0.39 is 24.4 Å². The van der Waals surface area contributed by atoms with Crippen molar-refractivity contribution in [3.05, 3.63) is 22.8 Å². The molecule has 0 saturated carbocycles. The van der Waals surface area contributed by atoms with Gasteiger partial charge in [0.1, 0.15) is 30.7 Å². The number of aliphatic hydroxyl groups excluding tert-OH is 3. The minimum absolute atomic E-state index is 0.326. The molecular formula is C11H12N2O4S. The van der Waals surface area contributed by atoms with Gasteiger partial charge >= 0.3 is 0 Å². The molecule has 1 fully saturated rings. The molecule has 96 valence electrons. The van der Waals surface area contributed by atoms with Gasteiger partial charge < -0.3 is 20.1 Å². The van der Waals surface area contributed by atoms with Gasteiger partial charge in [-0.25, -0.2) is 9.97 Å². The molecule has 3 heterocycles. The zero-order valence-electron chi connectivity index (χ0n) is 9.30. The number of fused-ring (bicyclic) bond motifs is 1. The Labute approximate surface area is 107 Å². The monoisotopic (exact) mass is 268 g/mol. The lowest BCUT2D eigenvalue weighted by Gasteiger charge is -2.12. The van der Waals surface area contributed by atoms with Crippen molar-refractivity contribution in [2.45, 2.75) is 24.4 Å². The number of aliphatic hydroxyl groups is 3. The summed E-state index contributed by atoms with van der Waals surface area (Å²) >= 11 is 1.40. The third-order valence-corrected chi connectivity index (χ3v) is 4.14. The van der Waals surface area contributed by atoms with Crippen LogP contribution in [0.25, 0.3) is 10.9 Å². The highest BCUT2D eigenvalue weighted by Gasteiger charge is 2.44. The van der Waals surface area contributed by atoms with Gasteiger partial charge in [0.15, 0.2) is 0 Å². The number of nitrogens with zero attached hydrogens (tertiary/aromatic N) is 2. The summed E-state index contributed by atoms with van der Waals surface area (Å²) in [4.78, 5) is 8.83. The van der Waals surface area contributed by atoms with Crippen molar-refractivity contribution < 1.29 is 20.1 Å². The van der Waals surface area contributed by atoms with Crippen LogP contribution in [-0.4, -0.2) is 50.2 Å². The first kappa shape index (κ1) is 11.9.